The van der Waals surface area contributed by atoms with Crippen LogP contribution >= 0.6 is 0 Å². The molecule has 15 nitrogen and oxygen atoms in total. The fourth-order valence-electron chi connectivity index (χ4n) is 14.1. The van der Waals surface area contributed by atoms with E-state index < -0.39 is 23.3 Å². The fraction of sp³-hybridized carbons (Fsp3) is 0.567. The van der Waals surface area contributed by atoms with Crippen LogP contribution in [-0.4, -0.2) is 141 Å². The first-order chi connectivity index (χ1) is 37.0. The predicted molar refractivity (Wildman–Crippen MR) is 291 cm³/mol. The van der Waals surface area contributed by atoms with Crippen LogP contribution in [0.2, 0.25) is 0 Å². The molecule has 5 saturated heterocycles. The number of phenols is 1. The first-order valence-corrected chi connectivity index (χ1v) is 28.4. The van der Waals surface area contributed by atoms with Gasteiger partial charge in [-0.05, 0) is 186 Å². The number of carbonyl (C=O) groups excluding carboxylic acids is 3. The second kappa shape index (κ2) is 20.3. The molecular formula is C60H73F2N9O6. The quantitative estimate of drug-likeness (QED) is 0.0964. The number of phenolic OH excluding ortho intramolecular Hbond substituents is 1. The smallest absolute Gasteiger partial charge is 0.319 e. The molecule has 0 spiro atoms. The molecule has 1 aliphatic carbocycles. The summed E-state index contributed by atoms with van der Waals surface area (Å²) in [7, 11) is 0. The number of nitrogens with zero attached hydrogens (tertiary/aromatic N) is 8. The van der Waals surface area contributed by atoms with E-state index in [1.807, 2.05) is 17.9 Å². The molecule has 1 saturated carbocycles. The summed E-state index contributed by atoms with van der Waals surface area (Å²) in [4.78, 5) is 63.1. The van der Waals surface area contributed by atoms with E-state index in [0.717, 1.165) is 108 Å². The van der Waals surface area contributed by atoms with E-state index in [4.69, 9.17) is 14.7 Å². The molecule has 12 rings (SSSR count). The molecule has 77 heavy (non-hydrogen) atoms. The third-order valence-electron chi connectivity index (χ3n) is 18.8. The number of amides is 3. The number of imide groups is 1. The van der Waals surface area contributed by atoms with Crippen LogP contribution in [0.5, 0.6) is 11.8 Å². The lowest BCUT2D eigenvalue weighted by Crippen LogP contribution is -2.52. The SMILES string of the molecule is CCc1c(F)ccc2cc(O)cc(-c3ncc4c(N5CCC[C@@](C)(O)C5)nc(OCC5(CN6CCC(C)(CN7CCC(C8CCN(c9ccc%10c(c9)CN([C@H]9CCC(=O)NC9=O)C%10=O)CC8)CC7)CC6)CC5)nc4c3F)c12. The minimum absolute atomic E-state index is 0.0216. The van der Waals surface area contributed by atoms with E-state index in [1.54, 1.807) is 30.2 Å². The van der Waals surface area contributed by atoms with Crippen LogP contribution < -0.4 is 19.9 Å². The normalized spacial score (nSPS) is 24.5. The molecule has 408 valence electrons. The number of hydrogen-bond donors (Lipinski definition) is 3. The first-order valence-electron chi connectivity index (χ1n) is 28.4. The molecule has 6 aliphatic heterocycles. The lowest BCUT2D eigenvalue weighted by Gasteiger charge is -2.46. The number of anilines is 2. The molecule has 6 fully saturated rings. The molecule has 7 aliphatic rings. The number of halogens is 2. The average Bonchev–Trinajstić information content (AvgIpc) is 4.16. The number of pyridine rings is 1. The highest BCUT2D eigenvalue weighted by atomic mass is 19.1. The van der Waals surface area contributed by atoms with Gasteiger partial charge in [-0.1, -0.05) is 19.9 Å². The summed E-state index contributed by atoms with van der Waals surface area (Å²) in [5.74, 6) is -0.0745. The Morgan fingerprint density at radius 3 is 2.26 bits per heavy atom. The summed E-state index contributed by atoms with van der Waals surface area (Å²) in [5.41, 5.74) is 2.67. The number of likely N-dealkylation sites (tertiary alicyclic amines) is 2. The van der Waals surface area contributed by atoms with Crippen molar-refractivity contribution < 1.29 is 38.1 Å². The van der Waals surface area contributed by atoms with E-state index in [1.165, 1.54) is 37.8 Å². The fourth-order valence-corrected chi connectivity index (χ4v) is 14.1. The van der Waals surface area contributed by atoms with Crippen LogP contribution in [0.4, 0.5) is 20.3 Å². The van der Waals surface area contributed by atoms with Crippen molar-refractivity contribution in [3.8, 4) is 23.0 Å². The lowest BCUT2D eigenvalue weighted by atomic mass is 9.76. The van der Waals surface area contributed by atoms with Crippen molar-refractivity contribution in [3.63, 3.8) is 0 Å². The molecule has 0 radical (unpaired) electrons. The number of carbonyl (C=O) groups is 3. The molecule has 3 aromatic carbocycles. The van der Waals surface area contributed by atoms with Crippen molar-refractivity contribution in [2.75, 3.05) is 81.9 Å². The van der Waals surface area contributed by atoms with Crippen LogP contribution in [0.1, 0.15) is 119 Å². The van der Waals surface area contributed by atoms with Gasteiger partial charge in [0.05, 0.1) is 17.6 Å². The maximum atomic E-state index is 17.2. The number of rotatable bonds is 13. The molecule has 0 unspecified atom stereocenters. The minimum Gasteiger partial charge on any atom is -0.508 e. The Morgan fingerprint density at radius 1 is 0.805 bits per heavy atom. The first kappa shape index (κ1) is 51.7. The summed E-state index contributed by atoms with van der Waals surface area (Å²) in [6, 6.07) is 11.5. The lowest BCUT2D eigenvalue weighted by molar-refractivity contribution is -0.136. The summed E-state index contributed by atoms with van der Waals surface area (Å²) < 4.78 is 38.9. The largest absolute Gasteiger partial charge is 0.508 e. The van der Waals surface area contributed by atoms with Gasteiger partial charge in [-0.2, -0.15) is 9.97 Å². The third-order valence-corrected chi connectivity index (χ3v) is 18.8. The number of aromatic hydroxyl groups is 1. The van der Waals surface area contributed by atoms with E-state index in [0.29, 0.717) is 78.6 Å². The van der Waals surface area contributed by atoms with Gasteiger partial charge in [-0.15, -0.1) is 0 Å². The van der Waals surface area contributed by atoms with Crippen molar-refractivity contribution in [1.82, 2.24) is 35.0 Å². The van der Waals surface area contributed by atoms with Crippen molar-refractivity contribution in [2.45, 2.75) is 122 Å². The molecule has 5 aromatic rings. The number of piperidine rings is 5. The highest BCUT2D eigenvalue weighted by Crippen LogP contribution is 2.48. The van der Waals surface area contributed by atoms with Gasteiger partial charge in [-0.25, -0.2) is 8.78 Å². The highest BCUT2D eigenvalue weighted by Gasteiger charge is 2.47. The topological polar surface area (TPSA) is 168 Å². The Labute approximate surface area is 449 Å². The number of hydrogen-bond acceptors (Lipinski definition) is 13. The minimum atomic E-state index is -0.962. The van der Waals surface area contributed by atoms with Crippen molar-refractivity contribution in [3.05, 3.63) is 77.0 Å². The Kier molecular flexibility index (Phi) is 13.6. The average molecular weight is 1050 g/mol. The zero-order valence-corrected chi connectivity index (χ0v) is 44.9. The maximum absolute atomic E-state index is 17.2. The van der Waals surface area contributed by atoms with E-state index in [-0.39, 0.29) is 63.5 Å². The summed E-state index contributed by atoms with van der Waals surface area (Å²) in [6.07, 6.45) is 13.0. The van der Waals surface area contributed by atoms with Gasteiger partial charge in [0, 0.05) is 80.7 Å². The van der Waals surface area contributed by atoms with Gasteiger partial charge < -0.3 is 39.4 Å². The Balaban J connectivity index is 0.645. The number of aliphatic hydroxyl groups is 1. The van der Waals surface area contributed by atoms with E-state index in [2.05, 4.69) is 44.1 Å². The van der Waals surface area contributed by atoms with Crippen molar-refractivity contribution in [1.29, 1.82) is 0 Å². The van der Waals surface area contributed by atoms with Gasteiger partial charge in [0.15, 0.2) is 5.82 Å². The maximum Gasteiger partial charge on any atom is 0.319 e. The third kappa shape index (κ3) is 10.3. The van der Waals surface area contributed by atoms with Crippen molar-refractivity contribution in [2.24, 2.45) is 22.7 Å². The number of benzene rings is 3. The number of fused-ring (bicyclic) bond motifs is 3. The molecule has 17 heteroatoms. The highest BCUT2D eigenvalue weighted by molar-refractivity contribution is 6.06. The number of aryl methyl sites for hydroxylation is 1. The van der Waals surface area contributed by atoms with Gasteiger partial charge in [0.25, 0.3) is 5.91 Å². The summed E-state index contributed by atoms with van der Waals surface area (Å²) in [6.45, 7) is 16.3. The van der Waals surface area contributed by atoms with E-state index >= 15 is 8.78 Å². The Bertz CT molecular complexity index is 3130. The zero-order valence-electron chi connectivity index (χ0n) is 44.9. The van der Waals surface area contributed by atoms with Crippen molar-refractivity contribution >= 4 is 50.9 Å². The molecule has 8 heterocycles. The Hall–Kier alpha value is -6.04. The second-order valence-electron chi connectivity index (χ2n) is 24.6. The number of β-amino-alcohol motifs (C(OH)–C–C–N with tert-alkyl or cyclic N) is 1. The molecular weight excluding hydrogens is 981 g/mol. The number of ether oxygens (including phenoxy) is 1. The number of aromatic nitrogens is 3. The monoisotopic (exact) mass is 1050 g/mol. The molecule has 2 atom stereocenters. The molecule has 0 bridgehead atoms. The summed E-state index contributed by atoms with van der Waals surface area (Å²) in [5, 5.41) is 25.8. The van der Waals surface area contributed by atoms with Crippen LogP contribution in [0.3, 0.4) is 0 Å². The van der Waals surface area contributed by atoms with Crippen LogP contribution in [0.15, 0.2) is 48.7 Å². The standard InChI is InChI=1S/C60H73F2N9O6/c1-4-43-47(61)9-6-39-29-42(72)30-45(50(39)43)52-51(62)53-46(31-63-52)54(70-21-5-16-59(3,76)34-70)66-57(65-53)77-36-60(17-18-60)35-68-26-19-58(2,20-27-68)33-67-22-12-37(13-23-67)38-14-24-69(25-15-38)41-7-8-44-40(28-41)32-71(56(44)75)48-10-11-49(73)64-55(48)74/h6-9,28-31,37-38,48,72,76H,4-5,10-27,32-36H2,1-3H3,(H,64,73,74)/t48-,59+/m0/s1. The van der Waals surface area contributed by atoms with Gasteiger partial charge in [0.2, 0.25) is 11.8 Å². The Morgan fingerprint density at radius 2 is 1.55 bits per heavy atom. The van der Waals surface area contributed by atoms with E-state index in [9.17, 15) is 24.6 Å². The van der Waals surface area contributed by atoms with Gasteiger partial charge in [0.1, 0.15) is 34.6 Å². The summed E-state index contributed by atoms with van der Waals surface area (Å²) >= 11 is 0. The zero-order chi connectivity index (χ0) is 53.4. The second-order valence-corrected chi connectivity index (χ2v) is 24.6. The number of nitrogens with one attached hydrogen (secondary N) is 1. The van der Waals surface area contributed by atoms with Crippen LogP contribution in [0.25, 0.3) is 32.9 Å². The molecule has 2 aromatic heterocycles. The van der Waals surface area contributed by atoms with Gasteiger partial charge >= 0.3 is 6.01 Å². The molecule has 3 N–H and O–H groups in total. The van der Waals surface area contributed by atoms with Crippen LogP contribution in [-0.2, 0) is 22.6 Å². The predicted octanol–water partition coefficient (Wildman–Crippen LogP) is 8.39. The van der Waals surface area contributed by atoms with Crippen LogP contribution in [0, 0.1) is 34.3 Å². The van der Waals surface area contributed by atoms with Gasteiger partial charge in [-0.3, -0.25) is 24.7 Å². The molecule has 3 amide bonds.